The topological polar surface area (TPSA) is 73.2 Å². The van der Waals surface area contributed by atoms with Crippen LogP contribution in [0.1, 0.15) is 6.42 Å². The second-order valence-electron chi connectivity index (χ2n) is 6.50. The molecule has 6 nitrogen and oxygen atoms in total. The molecule has 4 rings (SSSR count). The highest BCUT2D eigenvalue weighted by Gasteiger charge is 2.07. The number of aryl methyl sites for hydroxylation is 1. The normalized spacial score (nSPS) is 10.6. The monoisotopic (exact) mass is 385 g/mol. The zero-order valence-corrected chi connectivity index (χ0v) is 15.6. The van der Waals surface area contributed by atoms with Gasteiger partial charge in [0.2, 0.25) is 5.91 Å². The van der Waals surface area contributed by atoms with Crippen LogP contribution in [0.3, 0.4) is 0 Å². The van der Waals surface area contributed by atoms with Crippen LogP contribution in [-0.4, -0.2) is 15.5 Å². The SMILES string of the molecule is O=C(CCn1cnc2ccccc2c1=O)Nc1ccc(Oc2ccccc2)cc1. The molecular formula is C23H19N3O3. The minimum absolute atomic E-state index is 0.147. The van der Waals surface area contributed by atoms with Gasteiger partial charge >= 0.3 is 0 Å². The zero-order chi connectivity index (χ0) is 20.1. The summed E-state index contributed by atoms with van der Waals surface area (Å²) in [5.74, 6) is 1.25. The van der Waals surface area contributed by atoms with Crippen molar-refractivity contribution in [1.29, 1.82) is 0 Å². The molecule has 0 atom stereocenters. The van der Waals surface area contributed by atoms with Gasteiger partial charge in [-0.2, -0.15) is 0 Å². The van der Waals surface area contributed by atoms with Crippen LogP contribution in [-0.2, 0) is 11.3 Å². The number of ether oxygens (including phenoxy) is 1. The first-order valence-corrected chi connectivity index (χ1v) is 9.26. The van der Waals surface area contributed by atoms with E-state index in [4.69, 9.17) is 4.74 Å². The summed E-state index contributed by atoms with van der Waals surface area (Å²) in [6.45, 7) is 0.262. The van der Waals surface area contributed by atoms with Crippen molar-refractivity contribution < 1.29 is 9.53 Å². The summed E-state index contributed by atoms with van der Waals surface area (Å²) in [5, 5.41) is 3.38. The van der Waals surface area contributed by atoms with Gasteiger partial charge in [-0.15, -0.1) is 0 Å². The Kier molecular flexibility index (Phi) is 5.33. The summed E-state index contributed by atoms with van der Waals surface area (Å²) in [5.41, 5.74) is 1.17. The van der Waals surface area contributed by atoms with E-state index in [0.717, 1.165) is 5.75 Å². The van der Waals surface area contributed by atoms with E-state index in [1.165, 1.54) is 10.9 Å². The maximum atomic E-state index is 12.5. The number of amides is 1. The third-order valence-electron chi connectivity index (χ3n) is 4.43. The number of fused-ring (bicyclic) bond motifs is 1. The van der Waals surface area contributed by atoms with E-state index >= 15 is 0 Å². The third-order valence-corrected chi connectivity index (χ3v) is 4.43. The predicted octanol–water partition coefficient (Wildman–Crippen LogP) is 4.22. The summed E-state index contributed by atoms with van der Waals surface area (Å²) in [6, 6.07) is 23.8. The lowest BCUT2D eigenvalue weighted by Gasteiger charge is -2.09. The molecule has 29 heavy (non-hydrogen) atoms. The Bertz CT molecular complexity index is 1190. The number of anilines is 1. The van der Waals surface area contributed by atoms with Crippen molar-refractivity contribution in [3.05, 3.63) is 95.5 Å². The first-order valence-electron chi connectivity index (χ1n) is 9.26. The molecule has 144 valence electrons. The molecule has 1 heterocycles. The Morgan fingerprint density at radius 2 is 1.59 bits per heavy atom. The lowest BCUT2D eigenvalue weighted by molar-refractivity contribution is -0.116. The molecule has 0 radical (unpaired) electrons. The molecule has 1 N–H and O–H groups in total. The molecular weight excluding hydrogens is 366 g/mol. The Balaban J connectivity index is 1.35. The van der Waals surface area contributed by atoms with Crippen molar-refractivity contribution >= 4 is 22.5 Å². The fraction of sp³-hybridized carbons (Fsp3) is 0.0870. The number of nitrogens with zero attached hydrogens (tertiary/aromatic N) is 2. The second-order valence-corrected chi connectivity index (χ2v) is 6.50. The summed E-state index contributed by atoms with van der Waals surface area (Å²) >= 11 is 0. The maximum Gasteiger partial charge on any atom is 0.261 e. The molecule has 0 spiro atoms. The highest BCUT2D eigenvalue weighted by atomic mass is 16.5. The van der Waals surface area contributed by atoms with E-state index < -0.39 is 0 Å². The van der Waals surface area contributed by atoms with Crippen LogP contribution >= 0.6 is 0 Å². The van der Waals surface area contributed by atoms with Gasteiger partial charge in [0.05, 0.1) is 17.2 Å². The number of carbonyl (C=O) groups is 1. The van der Waals surface area contributed by atoms with Crippen molar-refractivity contribution in [2.75, 3.05) is 5.32 Å². The average Bonchev–Trinajstić information content (AvgIpc) is 2.76. The second kappa shape index (κ2) is 8.39. The molecule has 0 unspecified atom stereocenters. The summed E-state index contributed by atoms with van der Waals surface area (Å²) in [6.07, 6.45) is 1.65. The van der Waals surface area contributed by atoms with Crippen LogP contribution in [0.2, 0.25) is 0 Å². The van der Waals surface area contributed by atoms with E-state index in [0.29, 0.717) is 22.3 Å². The largest absolute Gasteiger partial charge is 0.457 e. The molecule has 3 aromatic carbocycles. The van der Waals surface area contributed by atoms with Gasteiger partial charge in [0, 0.05) is 18.7 Å². The van der Waals surface area contributed by atoms with Crippen molar-refractivity contribution in [3.63, 3.8) is 0 Å². The summed E-state index contributed by atoms with van der Waals surface area (Å²) < 4.78 is 7.19. The van der Waals surface area contributed by atoms with Crippen LogP contribution in [0.4, 0.5) is 5.69 Å². The van der Waals surface area contributed by atoms with E-state index in [-0.39, 0.29) is 24.4 Å². The maximum absolute atomic E-state index is 12.5. The van der Waals surface area contributed by atoms with Gasteiger partial charge in [-0.1, -0.05) is 30.3 Å². The van der Waals surface area contributed by atoms with Gasteiger partial charge in [-0.05, 0) is 48.5 Å². The molecule has 0 aliphatic heterocycles. The Hall–Kier alpha value is -3.93. The summed E-state index contributed by atoms with van der Waals surface area (Å²) in [7, 11) is 0. The Labute approximate surface area is 167 Å². The smallest absolute Gasteiger partial charge is 0.261 e. The van der Waals surface area contributed by atoms with Crippen LogP contribution in [0.15, 0.2) is 90.0 Å². The van der Waals surface area contributed by atoms with E-state index in [1.54, 1.807) is 42.5 Å². The molecule has 1 aromatic heterocycles. The van der Waals surface area contributed by atoms with Gasteiger partial charge in [0.25, 0.3) is 5.56 Å². The number of carbonyl (C=O) groups excluding carboxylic acids is 1. The molecule has 0 aliphatic carbocycles. The molecule has 6 heteroatoms. The van der Waals surface area contributed by atoms with E-state index in [1.807, 2.05) is 36.4 Å². The minimum atomic E-state index is -0.179. The fourth-order valence-corrected chi connectivity index (χ4v) is 2.94. The van der Waals surface area contributed by atoms with Gasteiger partial charge in [0.15, 0.2) is 0 Å². The predicted molar refractivity (Wildman–Crippen MR) is 112 cm³/mol. The highest BCUT2D eigenvalue weighted by molar-refractivity contribution is 5.90. The number of benzene rings is 3. The van der Waals surface area contributed by atoms with Crippen molar-refractivity contribution in [1.82, 2.24) is 9.55 Å². The van der Waals surface area contributed by atoms with Crippen molar-refractivity contribution in [2.24, 2.45) is 0 Å². The lowest BCUT2D eigenvalue weighted by Crippen LogP contribution is -2.23. The third kappa shape index (κ3) is 4.50. The molecule has 0 saturated heterocycles. The first kappa shape index (κ1) is 18.4. The average molecular weight is 385 g/mol. The Morgan fingerprint density at radius 3 is 2.38 bits per heavy atom. The molecule has 0 bridgehead atoms. The zero-order valence-electron chi connectivity index (χ0n) is 15.6. The number of aromatic nitrogens is 2. The lowest BCUT2D eigenvalue weighted by atomic mass is 10.2. The first-order chi connectivity index (χ1) is 14.2. The summed E-state index contributed by atoms with van der Waals surface area (Å²) in [4.78, 5) is 29.0. The molecule has 4 aromatic rings. The molecule has 0 saturated carbocycles. The molecule has 0 aliphatic rings. The van der Waals surface area contributed by atoms with Gasteiger partial charge in [-0.3, -0.25) is 14.2 Å². The number of nitrogens with one attached hydrogen (secondary N) is 1. The van der Waals surface area contributed by atoms with Crippen LogP contribution in [0, 0.1) is 0 Å². The van der Waals surface area contributed by atoms with Crippen LogP contribution in [0.25, 0.3) is 10.9 Å². The number of hydrogen-bond donors (Lipinski definition) is 1. The van der Waals surface area contributed by atoms with Crippen molar-refractivity contribution in [2.45, 2.75) is 13.0 Å². The quantitative estimate of drug-likeness (QED) is 0.539. The van der Waals surface area contributed by atoms with Gasteiger partial charge in [-0.25, -0.2) is 4.98 Å². The minimum Gasteiger partial charge on any atom is -0.457 e. The standard InChI is InChI=1S/C23H19N3O3/c27-22(14-15-26-16-24-21-9-5-4-8-20(21)23(26)28)25-17-10-12-19(13-11-17)29-18-6-2-1-3-7-18/h1-13,16H,14-15H2,(H,25,27). The van der Waals surface area contributed by atoms with Gasteiger partial charge in [0.1, 0.15) is 11.5 Å². The van der Waals surface area contributed by atoms with Crippen LogP contribution in [0.5, 0.6) is 11.5 Å². The number of rotatable bonds is 6. The Morgan fingerprint density at radius 1 is 0.897 bits per heavy atom. The molecule has 0 fully saturated rings. The van der Waals surface area contributed by atoms with Crippen LogP contribution < -0.4 is 15.6 Å². The molecule has 1 amide bonds. The van der Waals surface area contributed by atoms with Crippen molar-refractivity contribution in [3.8, 4) is 11.5 Å². The fourth-order valence-electron chi connectivity index (χ4n) is 2.94. The van der Waals surface area contributed by atoms with Gasteiger partial charge < -0.3 is 10.1 Å². The van der Waals surface area contributed by atoms with E-state index in [9.17, 15) is 9.59 Å². The van der Waals surface area contributed by atoms with E-state index in [2.05, 4.69) is 10.3 Å². The number of para-hydroxylation sites is 2. The number of hydrogen-bond acceptors (Lipinski definition) is 4. The highest BCUT2D eigenvalue weighted by Crippen LogP contribution is 2.22.